The molecule has 0 aliphatic carbocycles. The first-order valence-corrected chi connectivity index (χ1v) is 6.75. The van der Waals surface area contributed by atoms with E-state index in [9.17, 15) is 9.59 Å². The number of carbonyl (C=O) groups excluding carboxylic acids is 2. The molecule has 1 aliphatic rings. The van der Waals surface area contributed by atoms with E-state index in [1.54, 1.807) is 11.2 Å². The van der Waals surface area contributed by atoms with Crippen LogP contribution in [0.5, 0.6) is 0 Å². The molecular formula is C13H20N4O3. The normalized spacial score (nSPS) is 17.4. The molecule has 1 unspecified atom stereocenters. The lowest BCUT2D eigenvalue weighted by Gasteiger charge is -2.28. The van der Waals surface area contributed by atoms with Crippen molar-refractivity contribution in [3.05, 3.63) is 17.7 Å². The Balaban J connectivity index is 2.02. The van der Waals surface area contributed by atoms with Gasteiger partial charge in [-0.05, 0) is 6.42 Å². The summed E-state index contributed by atoms with van der Waals surface area (Å²) in [5.74, 6) is -0.478. The number of nitrogens with zero attached hydrogens (tertiary/aromatic N) is 2. The maximum absolute atomic E-state index is 12.5. The Morgan fingerprint density at radius 1 is 1.55 bits per heavy atom. The number of methoxy groups -OCH3 is 1. The average Bonchev–Trinajstić information content (AvgIpc) is 2.93. The number of hydrogen-bond acceptors (Lipinski definition) is 5. The summed E-state index contributed by atoms with van der Waals surface area (Å²) in [6.45, 7) is 3.09. The van der Waals surface area contributed by atoms with Crippen LogP contribution in [0.25, 0.3) is 0 Å². The maximum atomic E-state index is 12.5. The fourth-order valence-electron chi connectivity index (χ4n) is 2.32. The van der Waals surface area contributed by atoms with Gasteiger partial charge in [0.2, 0.25) is 5.91 Å². The van der Waals surface area contributed by atoms with Crippen LogP contribution < -0.4 is 5.32 Å². The Bertz CT molecular complexity index is 486. The molecule has 2 rings (SSSR count). The molecule has 2 N–H and O–H groups in total. The molecular weight excluding hydrogens is 260 g/mol. The fourth-order valence-corrected chi connectivity index (χ4v) is 2.32. The molecule has 1 aliphatic heterocycles. The molecule has 1 amide bonds. The Kier molecular flexibility index (Phi) is 4.73. The predicted molar refractivity (Wildman–Crippen MR) is 71.8 cm³/mol. The lowest BCUT2D eigenvalue weighted by Crippen LogP contribution is -2.51. The first kappa shape index (κ1) is 14.5. The van der Waals surface area contributed by atoms with Crippen LogP contribution in [0.4, 0.5) is 0 Å². The third kappa shape index (κ3) is 3.16. The molecule has 1 aromatic rings. The summed E-state index contributed by atoms with van der Waals surface area (Å²) in [5.41, 5.74) is 1.93. The number of esters is 1. The molecule has 0 bridgehead atoms. The van der Waals surface area contributed by atoms with Crippen LogP contribution in [0.1, 0.15) is 24.7 Å². The zero-order chi connectivity index (χ0) is 14.5. The van der Waals surface area contributed by atoms with Crippen molar-refractivity contribution >= 4 is 11.9 Å². The van der Waals surface area contributed by atoms with E-state index in [4.69, 9.17) is 0 Å². The number of H-pyrrole nitrogens is 1. The molecule has 0 radical (unpaired) electrons. The van der Waals surface area contributed by atoms with Crippen LogP contribution >= 0.6 is 0 Å². The molecule has 0 fully saturated rings. The van der Waals surface area contributed by atoms with Gasteiger partial charge in [0.15, 0.2) is 0 Å². The van der Waals surface area contributed by atoms with Gasteiger partial charge in [-0.2, -0.15) is 0 Å². The smallest absolute Gasteiger partial charge is 0.325 e. The summed E-state index contributed by atoms with van der Waals surface area (Å²) in [4.78, 5) is 32.7. The standard InChI is InChI=1S/C13H20N4O3/c1-3-4-17(7-12(18)20-2)13(19)10-5-9-11(6-14-10)16-8-15-9/h8,10,14H,3-7H2,1-2H3,(H,15,16). The first-order chi connectivity index (χ1) is 9.65. The van der Waals surface area contributed by atoms with E-state index >= 15 is 0 Å². The summed E-state index contributed by atoms with van der Waals surface area (Å²) >= 11 is 0. The largest absolute Gasteiger partial charge is 0.468 e. The molecule has 1 aromatic heterocycles. The summed E-state index contributed by atoms with van der Waals surface area (Å²) in [7, 11) is 1.33. The number of amides is 1. The lowest BCUT2D eigenvalue weighted by molar-refractivity contribution is -0.147. The van der Waals surface area contributed by atoms with Crippen LogP contribution in [0.3, 0.4) is 0 Å². The number of ether oxygens (including phenoxy) is 1. The average molecular weight is 280 g/mol. The van der Waals surface area contributed by atoms with Crippen molar-refractivity contribution in [1.29, 1.82) is 0 Å². The van der Waals surface area contributed by atoms with Crippen LogP contribution in [0.15, 0.2) is 6.33 Å². The molecule has 1 atom stereocenters. The highest BCUT2D eigenvalue weighted by Crippen LogP contribution is 2.14. The van der Waals surface area contributed by atoms with Crippen molar-refractivity contribution in [2.75, 3.05) is 20.2 Å². The summed E-state index contributed by atoms with van der Waals surface area (Å²) in [5, 5.41) is 3.18. The number of rotatable bonds is 5. The van der Waals surface area contributed by atoms with Crippen LogP contribution in [-0.2, 0) is 27.3 Å². The van der Waals surface area contributed by atoms with E-state index in [2.05, 4.69) is 20.0 Å². The predicted octanol–water partition coefficient (Wildman–Crippen LogP) is -0.164. The van der Waals surface area contributed by atoms with Gasteiger partial charge in [0.25, 0.3) is 0 Å². The van der Waals surface area contributed by atoms with E-state index in [0.717, 1.165) is 17.8 Å². The number of imidazole rings is 1. The van der Waals surface area contributed by atoms with E-state index in [0.29, 0.717) is 19.5 Å². The van der Waals surface area contributed by atoms with E-state index in [-0.39, 0.29) is 18.5 Å². The third-order valence-corrected chi connectivity index (χ3v) is 3.38. The van der Waals surface area contributed by atoms with E-state index in [1.165, 1.54) is 7.11 Å². The minimum Gasteiger partial charge on any atom is -0.468 e. The van der Waals surface area contributed by atoms with Crippen molar-refractivity contribution < 1.29 is 14.3 Å². The fraction of sp³-hybridized carbons (Fsp3) is 0.615. The second kappa shape index (κ2) is 6.51. The molecule has 0 aromatic carbocycles. The first-order valence-electron chi connectivity index (χ1n) is 6.75. The van der Waals surface area contributed by atoms with Crippen molar-refractivity contribution in [2.24, 2.45) is 0 Å². The molecule has 7 nitrogen and oxygen atoms in total. The molecule has 110 valence electrons. The van der Waals surface area contributed by atoms with Crippen molar-refractivity contribution in [1.82, 2.24) is 20.2 Å². The molecule has 0 spiro atoms. The number of aromatic nitrogens is 2. The van der Waals surface area contributed by atoms with Crippen molar-refractivity contribution in [3.8, 4) is 0 Å². The molecule has 2 heterocycles. The number of aromatic amines is 1. The van der Waals surface area contributed by atoms with E-state index in [1.807, 2.05) is 6.92 Å². The Hall–Kier alpha value is -1.89. The van der Waals surface area contributed by atoms with Crippen molar-refractivity contribution in [2.45, 2.75) is 32.4 Å². The Labute approximate surface area is 117 Å². The number of hydrogen-bond donors (Lipinski definition) is 2. The third-order valence-electron chi connectivity index (χ3n) is 3.38. The highest BCUT2D eigenvalue weighted by atomic mass is 16.5. The number of nitrogens with one attached hydrogen (secondary N) is 2. The van der Waals surface area contributed by atoms with Gasteiger partial charge in [0, 0.05) is 19.5 Å². The van der Waals surface area contributed by atoms with Gasteiger partial charge in [-0.25, -0.2) is 4.98 Å². The second-order valence-electron chi connectivity index (χ2n) is 4.80. The maximum Gasteiger partial charge on any atom is 0.325 e. The van der Waals surface area contributed by atoms with Gasteiger partial charge < -0.3 is 14.6 Å². The van der Waals surface area contributed by atoms with Gasteiger partial charge in [-0.15, -0.1) is 0 Å². The second-order valence-corrected chi connectivity index (χ2v) is 4.80. The van der Waals surface area contributed by atoms with Gasteiger partial charge in [-0.1, -0.05) is 6.92 Å². The highest BCUT2D eigenvalue weighted by molar-refractivity contribution is 5.86. The summed E-state index contributed by atoms with van der Waals surface area (Å²) in [6, 6.07) is -0.331. The van der Waals surface area contributed by atoms with Gasteiger partial charge in [0.05, 0.1) is 30.9 Å². The van der Waals surface area contributed by atoms with Crippen molar-refractivity contribution in [3.63, 3.8) is 0 Å². The SMILES string of the molecule is CCCN(CC(=O)OC)C(=O)C1Cc2nc[nH]c2CN1. The van der Waals surface area contributed by atoms with Gasteiger partial charge in [-0.3, -0.25) is 14.9 Å². The summed E-state index contributed by atoms with van der Waals surface area (Å²) < 4.78 is 4.64. The highest BCUT2D eigenvalue weighted by Gasteiger charge is 2.29. The topological polar surface area (TPSA) is 87.3 Å². The quantitative estimate of drug-likeness (QED) is 0.732. The summed E-state index contributed by atoms with van der Waals surface area (Å²) in [6.07, 6.45) is 2.97. The van der Waals surface area contributed by atoms with Crippen LogP contribution in [0, 0.1) is 0 Å². The number of carbonyl (C=O) groups is 2. The zero-order valence-electron chi connectivity index (χ0n) is 11.8. The molecule has 0 saturated carbocycles. The van der Waals surface area contributed by atoms with Crippen LogP contribution in [0.2, 0.25) is 0 Å². The Morgan fingerprint density at radius 3 is 3.05 bits per heavy atom. The van der Waals surface area contributed by atoms with Gasteiger partial charge in [0.1, 0.15) is 6.54 Å². The minimum atomic E-state index is -0.400. The molecule has 7 heteroatoms. The lowest BCUT2D eigenvalue weighted by atomic mass is 10.0. The van der Waals surface area contributed by atoms with Crippen LogP contribution in [-0.4, -0.2) is 53.0 Å². The van der Waals surface area contributed by atoms with Gasteiger partial charge >= 0.3 is 5.97 Å². The number of fused-ring (bicyclic) bond motifs is 1. The zero-order valence-corrected chi connectivity index (χ0v) is 11.8. The van der Waals surface area contributed by atoms with E-state index < -0.39 is 5.97 Å². The molecule has 20 heavy (non-hydrogen) atoms. The Morgan fingerprint density at radius 2 is 2.35 bits per heavy atom. The molecule has 0 saturated heterocycles. The minimum absolute atomic E-state index is 0.00518. The monoisotopic (exact) mass is 280 g/mol.